The number of ether oxygens (including phenoxy) is 2. The number of rotatable bonds is 4. The fourth-order valence-electron chi connectivity index (χ4n) is 1.19. The van der Waals surface area contributed by atoms with Gasteiger partial charge in [-0.3, -0.25) is 0 Å². The maximum atomic E-state index is 11.0. The van der Waals surface area contributed by atoms with Crippen molar-refractivity contribution in [2.45, 2.75) is 20.3 Å². The van der Waals surface area contributed by atoms with Crippen LogP contribution in [0.2, 0.25) is 0 Å². The molecule has 0 saturated carbocycles. The first-order chi connectivity index (χ1) is 6.22. The summed E-state index contributed by atoms with van der Waals surface area (Å²) < 4.78 is 10.2. The van der Waals surface area contributed by atoms with Gasteiger partial charge < -0.3 is 14.8 Å². The third kappa shape index (κ3) is 2.59. The van der Waals surface area contributed by atoms with Crippen LogP contribution >= 0.6 is 0 Å². The summed E-state index contributed by atoms with van der Waals surface area (Å²) in [5, 5.41) is 2.59. The Kier molecular flexibility index (Phi) is 3.54. The summed E-state index contributed by atoms with van der Waals surface area (Å²) in [6.07, 6.45) is 0.661. The highest BCUT2D eigenvalue weighted by atomic mass is 16.6. The predicted octanol–water partition coefficient (Wildman–Crippen LogP) is 1.16. The Labute approximate surface area is 78.6 Å². The molecule has 4 heteroatoms. The van der Waals surface area contributed by atoms with Crippen molar-refractivity contribution in [1.29, 1.82) is 0 Å². The molecule has 13 heavy (non-hydrogen) atoms. The van der Waals surface area contributed by atoms with E-state index in [-0.39, 0.29) is 11.5 Å². The minimum atomic E-state index is -0.331. The van der Waals surface area contributed by atoms with Crippen LogP contribution in [0.3, 0.4) is 0 Å². The average molecular weight is 187 g/mol. The SMILES string of the molecule is CCNC(=O)OCC1(CC)COC1. The molecule has 76 valence electrons. The van der Waals surface area contributed by atoms with E-state index in [9.17, 15) is 4.79 Å². The molecule has 0 atom stereocenters. The van der Waals surface area contributed by atoms with Gasteiger partial charge >= 0.3 is 6.09 Å². The molecule has 1 fully saturated rings. The molecule has 0 spiro atoms. The number of amides is 1. The van der Waals surface area contributed by atoms with E-state index in [2.05, 4.69) is 12.2 Å². The molecule has 0 aliphatic carbocycles. The summed E-state index contributed by atoms with van der Waals surface area (Å²) in [4.78, 5) is 11.0. The first kappa shape index (κ1) is 10.3. The lowest BCUT2D eigenvalue weighted by molar-refractivity contribution is -0.138. The van der Waals surface area contributed by atoms with E-state index >= 15 is 0 Å². The van der Waals surface area contributed by atoms with E-state index in [1.807, 2.05) is 6.92 Å². The molecule has 0 bridgehead atoms. The topological polar surface area (TPSA) is 47.6 Å². The van der Waals surface area contributed by atoms with Crippen molar-refractivity contribution < 1.29 is 14.3 Å². The number of hydrogen-bond donors (Lipinski definition) is 1. The van der Waals surface area contributed by atoms with Crippen LogP contribution in [-0.2, 0) is 9.47 Å². The summed E-state index contributed by atoms with van der Waals surface area (Å²) in [5.74, 6) is 0. The lowest BCUT2D eigenvalue weighted by atomic mass is 9.84. The van der Waals surface area contributed by atoms with E-state index in [0.29, 0.717) is 26.4 Å². The van der Waals surface area contributed by atoms with Gasteiger partial charge in [0.1, 0.15) is 6.61 Å². The van der Waals surface area contributed by atoms with Gasteiger partial charge in [-0.15, -0.1) is 0 Å². The Morgan fingerprint density at radius 3 is 2.62 bits per heavy atom. The maximum Gasteiger partial charge on any atom is 0.407 e. The number of alkyl carbamates (subject to hydrolysis) is 1. The third-order valence-corrected chi connectivity index (χ3v) is 2.40. The van der Waals surface area contributed by atoms with Gasteiger partial charge in [0.2, 0.25) is 0 Å². The highest BCUT2D eigenvalue weighted by molar-refractivity contribution is 5.67. The molecular weight excluding hydrogens is 170 g/mol. The number of nitrogens with one attached hydrogen (secondary N) is 1. The zero-order valence-corrected chi connectivity index (χ0v) is 8.26. The second-order valence-electron chi connectivity index (χ2n) is 3.45. The van der Waals surface area contributed by atoms with Crippen molar-refractivity contribution >= 4 is 6.09 Å². The van der Waals surface area contributed by atoms with Crippen molar-refractivity contribution in [1.82, 2.24) is 5.32 Å². The van der Waals surface area contributed by atoms with E-state index in [1.54, 1.807) is 0 Å². The second kappa shape index (κ2) is 4.46. The van der Waals surface area contributed by atoms with Gasteiger partial charge in [0.15, 0.2) is 0 Å². The lowest BCUT2D eigenvalue weighted by Gasteiger charge is -2.39. The standard InChI is InChI=1S/C9H17NO3/c1-3-9(5-12-6-9)7-13-8(11)10-4-2/h3-7H2,1-2H3,(H,10,11). The summed E-state index contributed by atoms with van der Waals surface area (Å²) in [5.41, 5.74) is 0.0884. The van der Waals surface area contributed by atoms with E-state index < -0.39 is 0 Å². The summed E-state index contributed by atoms with van der Waals surface area (Å²) in [7, 11) is 0. The highest BCUT2D eigenvalue weighted by Crippen LogP contribution is 2.31. The van der Waals surface area contributed by atoms with Crippen molar-refractivity contribution in [3.63, 3.8) is 0 Å². The van der Waals surface area contributed by atoms with Gasteiger partial charge in [0.25, 0.3) is 0 Å². The quantitative estimate of drug-likeness (QED) is 0.718. The zero-order chi connectivity index (χ0) is 9.73. The number of carbonyl (C=O) groups is 1. The van der Waals surface area contributed by atoms with Gasteiger partial charge in [-0.1, -0.05) is 6.92 Å². The largest absolute Gasteiger partial charge is 0.449 e. The van der Waals surface area contributed by atoms with E-state index in [0.717, 1.165) is 6.42 Å². The monoisotopic (exact) mass is 187 g/mol. The Bertz CT molecular complexity index is 172. The van der Waals surface area contributed by atoms with E-state index in [1.165, 1.54) is 0 Å². The van der Waals surface area contributed by atoms with Crippen molar-refractivity contribution in [3.05, 3.63) is 0 Å². The van der Waals surface area contributed by atoms with Crippen molar-refractivity contribution in [2.75, 3.05) is 26.4 Å². The number of hydrogen-bond acceptors (Lipinski definition) is 3. The predicted molar refractivity (Wildman–Crippen MR) is 48.6 cm³/mol. The third-order valence-electron chi connectivity index (χ3n) is 2.40. The smallest absolute Gasteiger partial charge is 0.407 e. The number of carbonyl (C=O) groups excluding carboxylic acids is 1. The molecule has 1 rings (SSSR count). The van der Waals surface area contributed by atoms with E-state index in [4.69, 9.17) is 9.47 Å². The second-order valence-corrected chi connectivity index (χ2v) is 3.45. The molecule has 1 amide bonds. The van der Waals surface area contributed by atoms with Crippen LogP contribution < -0.4 is 5.32 Å². The molecular formula is C9H17NO3. The lowest BCUT2D eigenvalue weighted by Crippen LogP contribution is -2.46. The summed E-state index contributed by atoms with van der Waals surface area (Å²) in [6.45, 7) is 6.45. The highest BCUT2D eigenvalue weighted by Gasteiger charge is 2.38. The first-order valence-electron chi connectivity index (χ1n) is 4.71. The Morgan fingerprint density at radius 1 is 1.54 bits per heavy atom. The molecule has 1 aliphatic rings. The fourth-order valence-corrected chi connectivity index (χ4v) is 1.19. The normalized spacial score (nSPS) is 18.9. The molecule has 1 saturated heterocycles. The molecule has 0 aromatic rings. The van der Waals surface area contributed by atoms with Crippen LogP contribution in [0.1, 0.15) is 20.3 Å². The van der Waals surface area contributed by atoms with Gasteiger partial charge in [0, 0.05) is 6.54 Å². The molecule has 0 aromatic heterocycles. The Balaban J connectivity index is 2.20. The minimum absolute atomic E-state index is 0.0884. The molecule has 1 aliphatic heterocycles. The first-order valence-corrected chi connectivity index (χ1v) is 4.71. The van der Waals surface area contributed by atoms with Gasteiger partial charge in [-0.05, 0) is 13.3 Å². The zero-order valence-electron chi connectivity index (χ0n) is 8.26. The van der Waals surface area contributed by atoms with Crippen LogP contribution in [0.5, 0.6) is 0 Å². The van der Waals surface area contributed by atoms with Crippen LogP contribution in [0.15, 0.2) is 0 Å². The van der Waals surface area contributed by atoms with Gasteiger partial charge in [0.05, 0.1) is 18.6 Å². The van der Waals surface area contributed by atoms with Crippen LogP contribution in [0.25, 0.3) is 0 Å². The Hall–Kier alpha value is -0.770. The molecule has 1 N–H and O–H groups in total. The maximum absolute atomic E-state index is 11.0. The van der Waals surface area contributed by atoms with Crippen LogP contribution in [0.4, 0.5) is 4.79 Å². The van der Waals surface area contributed by atoms with Crippen LogP contribution in [-0.4, -0.2) is 32.5 Å². The summed E-state index contributed by atoms with van der Waals surface area (Å²) >= 11 is 0. The van der Waals surface area contributed by atoms with Gasteiger partial charge in [-0.25, -0.2) is 4.79 Å². The molecule has 0 aromatic carbocycles. The molecule has 0 unspecified atom stereocenters. The van der Waals surface area contributed by atoms with Crippen LogP contribution in [0, 0.1) is 5.41 Å². The Morgan fingerprint density at radius 2 is 2.23 bits per heavy atom. The minimum Gasteiger partial charge on any atom is -0.449 e. The average Bonchev–Trinajstić information content (AvgIpc) is 2.04. The fraction of sp³-hybridized carbons (Fsp3) is 0.889. The molecule has 0 radical (unpaired) electrons. The molecule has 4 nitrogen and oxygen atoms in total. The molecule has 1 heterocycles. The van der Waals surface area contributed by atoms with Gasteiger partial charge in [-0.2, -0.15) is 0 Å². The summed E-state index contributed by atoms with van der Waals surface area (Å²) in [6, 6.07) is 0. The van der Waals surface area contributed by atoms with Crippen molar-refractivity contribution in [3.8, 4) is 0 Å². The van der Waals surface area contributed by atoms with Crippen molar-refractivity contribution in [2.24, 2.45) is 5.41 Å².